The highest BCUT2D eigenvalue weighted by atomic mass is 16.3. The first kappa shape index (κ1) is 9.22. The minimum Gasteiger partial charge on any atom is -0.384 e. The van der Waals surface area contributed by atoms with E-state index in [1.807, 2.05) is 12.1 Å². The van der Waals surface area contributed by atoms with Gasteiger partial charge in [-0.3, -0.25) is 0 Å². The van der Waals surface area contributed by atoms with Gasteiger partial charge in [0.05, 0.1) is 6.10 Å². The van der Waals surface area contributed by atoms with Crippen LogP contribution in [0, 0.1) is 0 Å². The van der Waals surface area contributed by atoms with Crippen molar-refractivity contribution in [3.8, 4) is 0 Å². The molecule has 1 aliphatic carbocycles. The molecule has 0 heterocycles. The second-order valence-electron chi connectivity index (χ2n) is 3.54. The summed E-state index contributed by atoms with van der Waals surface area (Å²) in [5.74, 6) is 0. The Bertz CT molecular complexity index is 377. The van der Waals surface area contributed by atoms with Crippen LogP contribution in [-0.4, -0.2) is 11.2 Å². The van der Waals surface area contributed by atoms with Crippen molar-refractivity contribution in [3.63, 3.8) is 0 Å². The van der Waals surface area contributed by atoms with Gasteiger partial charge in [-0.05, 0) is 29.5 Å². The van der Waals surface area contributed by atoms with Crippen LogP contribution in [0.3, 0.4) is 0 Å². The van der Waals surface area contributed by atoms with E-state index in [0.717, 1.165) is 18.4 Å². The molecule has 0 saturated heterocycles. The zero-order valence-electron chi connectivity index (χ0n) is 8.11. The molecule has 0 bridgehead atoms. The summed E-state index contributed by atoms with van der Waals surface area (Å²) in [5.41, 5.74) is 3.50. The van der Waals surface area contributed by atoms with Crippen LogP contribution in [0.1, 0.15) is 17.5 Å². The van der Waals surface area contributed by atoms with Crippen molar-refractivity contribution in [2.45, 2.75) is 18.9 Å². The van der Waals surface area contributed by atoms with Crippen LogP contribution in [0.25, 0.3) is 5.57 Å². The van der Waals surface area contributed by atoms with Gasteiger partial charge in [0.15, 0.2) is 0 Å². The normalized spacial score (nSPS) is 16.8. The molecule has 0 aliphatic heterocycles. The fourth-order valence-corrected chi connectivity index (χ4v) is 1.92. The van der Waals surface area contributed by atoms with Crippen LogP contribution < -0.4 is 0 Å². The Morgan fingerprint density at radius 1 is 1.36 bits per heavy atom. The minimum absolute atomic E-state index is 0.531. The smallest absolute Gasteiger partial charge is 0.0971 e. The van der Waals surface area contributed by atoms with Crippen LogP contribution >= 0.6 is 0 Å². The summed E-state index contributed by atoms with van der Waals surface area (Å²) in [4.78, 5) is 0. The van der Waals surface area contributed by atoms with E-state index in [9.17, 15) is 5.11 Å². The Morgan fingerprint density at radius 2 is 2.14 bits per heavy atom. The van der Waals surface area contributed by atoms with Gasteiger partial charge in [0.2, 0.25) is 0 Å². The monoisotopic (exact) mass is 186 g/mol. The lowest BCUT2D eigenvalue weighted by atomic mass is 9.88. The fourth-order valence-electron chi connectivity index (χ4n) is 1.92. The molecule has 1 aromatic carbocycles. The lowest BCUT2D eigenvalue weighted by molar-refractivity contribution is 0.280. The van der Waals surface area contributed by atoms with Crippen molar-refractivity contribution in [2.75, 3.05) is 0 Å². The Hall–Kier alpha value is -1.34. The second-order valence-corrected chi connectivity index (χ2v) is 3.54. The molecule has 0 spiro atoms. The van der Waals surface area contributed by atoms with Gasteiger partial charge in [0.25, 0.3) is 0 Å². The zero-order chi connectivity index (χ0) is 9.97. The van der Waals surface area contributed by atoms with Gasteiger partial charge in [0, 0.05) is 0 Å². The molecule has 14 heavy (non-hydrogen) atoms. The molecular formula is C13H14O. The molecule has 72 valence electrons. The van der Waals surface area contributed by atoms with Gasteiger partial charge in [-0.2, -0.15) is 0 Å². The van der Waals surface area contributed by atoms with Crippen molar-refractivity contribution in [1.82, 2.24) is 0 Å². The van der Waals surface area contributed by atoms with E-state index >= 15 is 0 Å². The quantitative estimate of drug-likeness (QED) is 0.704. The minimum atomic E-state index is -0.531. The van der Waals surface area contributed by atoms with E-state index in [1.54, 1.807) is 6.08 Å². The number of aryl methyl sites for hydroxylation is 1. The average Bonchev–Trinajstić information content (AvgIpc) is 2.27. The molecule has 0 radical (unpaired) electrons. The van der Waals surface area contributed by atoms with E-state index in [2.05, 4.69) is 24.8 Å². The van der Waals surface area contributed by atoms with Crippen molar-refractivity contribution >= 4 is 5.57 Å². The lowest BCUT2D eigenvalue weighted by Crippen LogP contribution is -2.10. The van der Waals surface area contributed by atoms with Crippen molar-refractivity contribution in [1.29, 1.82) is 0 Å². The molecular weight excluding hydrogens is 172 g/mol. The first-order valence-electron chi connectivity index (χ1n) is 4.92. The van der Waals surface area contributed by atoms with Crippen LogP contribution in [0.15, 0.2) is 43.0 Å². The standard InChI is InChI=1S/C13H14O/c1-2-13(14)12-9-5-7-10-6-3-4-8-11(10)12/h2-4,6,8-9,13-14H,1,5,7H2. The molecule has 0 aromatic heterocycles. The van der Waals surface area contributed by atoms with E-state index in [0.29, 0.717) is 0 Å². The highest BCUT2D eigenvalue weighted by Crippen LogP contribution is 2.28. The van der Waals surface area contributed by atoms with Gasteiger partial charge < -0.3 is 5.11 Å². The van der Waals surface area contributed by atoms with Gasteiger partial charge in [-0.25, -0.2) is 0 Å². The molecule has 1 unspecified atom stereocenters. The molecule has 1 aliphatic rings. The highest BCUT2D eigenvalue weighted by molar-refractivity contribution is 5.73. The molecule has 1 atom stereocenters. The van der Waals surface area contributed by atoms with Crippen LogP contribution in [0.2, 0.25) is 0 Å². The van der Waals surface area contributed by atoms with Gasteiger partial charge >= 0.3 is 0 Å². The average molecular weight is 186 g/mol. The molecule has 1 aromatic rings. The number of hydrogen-bond acceptors (Lipinski definition) is 1. The van der Waals surface area contributed by atoms with E-state index in [-0.39, 0.29) is 0 Å². The molecule has 0 fully saturated rings. The number of aliphatic hydroxyl groups is 1. The Labute approximate surface area is 84.4 Å². The molecule has 0 saturated carbocycles. The molecule has 1 N–H and O–H groups in total. The topological polar surface area (TPSA) is 20.2 Å². The molecule has 1 nitrogen and oxygen atoms in total. The zero-order valence-corrected chi connectivity index (χ0v) is 8.11. The van der Waals surface area contributed by atoms with Crippen molar-refractivity contribution < 1.29 is 5.11 Å². The van der Waals surface area contributed by atoms with E-state index < -0.39 is 6.10 Å². The summed E-state index contributed by atoms with van der Waals surface area (Å²) in [7, 11) is 0. The second kappa shape index (κ2) is 3.81. The van der Waals surface area contributed by atoms with E-state index in [1.165, 1.54) is 11.1 Å². The number of fused-ring (bicyclic) bond motifs is 1. The molecule has 1 heteroatoms. The largest absolute Gasteiger partial charge is 0.384 e. The molecule has 2 rings (SSSR count). The number of rotatable bonds is 2. The third-order valence-electron chi connectivity index (χ3n) is 2.65. The maximum atomic E-state index is 9.74. The summed E-state index contributed by atoms with van der Waals surface area (Å²) >= 11 is 0. The summed E-state index contributed by atoms with van der Waals surface area (Å²) < 4.78 is 0. The summed E-state index contributed by atoms with van der Waals surface area (Å²) in [6.07, 6.45) is 5.24. The van der Waals surface area contributed by atoms with E-state index in [4.69, 9.17) is 0 Å². The Balaban J connectivity index is 2.45. The molecule has 0 amide bonds. The SMILES string of the molecule is C=CC(O)C1=CCCc2ccccc21. The Kier molecular flexibility index (Phi) is 2.51. The summed E-state index contributed by atoms with van der Waals surface area (Å²) in [6, 6.07) is 8.24. The first-order chi connectivity index (χ1) is 6.83. The predicted molar refractivity (Wildman–Crippen MR) is 58.9 cm³/mol. The van der Waals surface area contributed by atoms with Gasteiger partial charge in [-0.1, -0.05) is 36.4 Å². The van der Waals surface area contributed by atoms with Crippen LogP contribution in [-0.2, 0) is 6.42 Å². The third-order valence-corrected chi connectivity index (χ3v) is 2.65. The maximum absolute atomic E-state index is 9.74. The van der Waals surface area contributed by atoms with Crippen LogP contribution in [0.5, 0.6) is 0 Å². The highest BCUT2D eigenvalue weighted by Gasteiger charge is 2.15. The van der Waals surface area contributed by atoms with Gasteiger partial charge in [-0.15, -0.1) is 6.58 Å². The van der Waals surface area contributed by atoms with Crippen molar-refractivity contribution in [2.24, 2.45) is 0 Å². The fraction of sp³-hybridized carbons (Fsp3) is 0.231. The van der Waals surface area contributed by atoms with Gasteiger partial charge in [0.1, 0.15) is 0 Å². The number of aliphatic hydroxyl groups excluding tert-OH is 1. The predicted octanol–water partition coefficient (Wildman–Crippen LogP) is 2.56. The number of benzene rings is 1. The first-order valence-corrected chi connectivity index (χ1v) is 4.92. The lowest BCUT2D eigenvalue weighted by Gasteiger charge is -2.19. The van der Waals surface area contributed by atoms with Crippen LogP contribution in [0.4, 0.5) is 0 Å². The number of allylic oxidation sites excluding steroid dienone is 1. The maximum Gasteiger partial charge on any atom is 0.0971 e. The summed E-state index contributed by atoms with van der Waals surface area (Å²) in [6.45, 7) is 3.62. The Morgan fingerprint density at radius 3 is 2.93 bits per heavy atom. The van der Waals surface area contributed by atoms with Crippen molar-refractivity contribution in [3.05, 3.63) is 54.1 Å². The third kappa shape index (κ3) is 1.51. The summed E-state index contributed by atoms with van der Waals surface area (Å²) in [5, 5.41) is 9.74. The number of hydrogen-bond donors (Lipinski definition) is 1.